The van der Waals surface area contributed by atoms with Gasteiger partial charge in [-0.2, -0.15) is 5.10 Å². The van der Waals surface area contributed by atoms with E-state index >= 15 is 4.39 Å². The molecule has 0 spiro atoms. The quantitative estimate of drug-likeness (QED) is 0.109. The molecule has 0 fully saturated rings. The molecular formula is C42H58F2N6O4S. The first-order valence-corrected chi connectivity index (χ1v) is 19.5. The summed E-state index contributed by atoms with van der Waals surface area (Å²) >= 11 is 1.27. The molecule has 3 aromatic heterocycles. The molecule has 5 heterocycles. The molecular weight excluding hydrogens is 723 g/mol. The summed E-state index contributed by atoms with van der Waals surface area (Å²) < 4.78 is 36.9. The second-order valence-corrected chi connectivity index (χ2v) is 13.6. The Morgan fingerprint density at radius 3 is 2.36 bits per heavy atom. The molecule has 2 atom stereocenters. The van der Waals surface area contributed by atoms with Crippen LogP contribution >= 0.6 is 11.3 Å². The molecule has 0 saturated heterocycles. The Balaban J connectivity index is 0.000000559. The number of ether oxygens (including phenoxy) is 1. The van der Waals surface area contributed by atoms with E-state index in [9.17, 15) is 14.0 Å². The molecule has 0 saturated carbocycles. The van der Waals surface area contributed by atoms with Gasteiger partial charge < -0.3 is 24.5 Å². The van der Waals surface area contributed by atoms with Gasteiger partial charge >= 0.3 is 0 Å². The van der Waals surface area contributed by atoms with Crippen LogP contribution in [0.5, 0.6) is 0 Å². The van der Waals surface area contributed by atoms with Gasteiger partial charge in [-0.1, -0.05) is 53.0 Å². The second kappa shape index (κ2) is 22.6. The number of halogens is 2. The number of nitrogens with zero attached hydrogens (tertiary/aromatic N) is 6. The van der Waals surface area contributed by atoms with E-state index in [2.05, 4.69) is 42.0 Å². The van der Waals surface area contributed by atoms with Gasteiger partial charge in [-0.25, -0.2) is 13.8 Å². The number of aromatic nitrogens is 3. The number of aliphatic hydroxyl groups excluding tert-OH is 1. The summed E-state index contributed by atoms with van der Waals surface area (Å²) in [5.74, 6) is -1.01. The molecule has 2 aliphatic rings. The topological polar surface area (TPSA) is 104 Å². The number of carbonyl (C=O) groups excluding carboxylic acids is 2. The van der Waals surface area contributed by atoms with E-state index < -0.39 is 17.7 Å². The molecule has 1 aromatic carbocycles. The number of likely N-dealkylation sites (N-methyl/N-ethyl adjacent to an activating group) is 1. The predicted octanol–water partition coefficient (Wildman–Crippen LogP) is 8.66. The molecule has 1 N–H and O–H groups in total. The van der Waals surface area contributed by atoms with Crippen LogP contribution < -0.4 is 0 Å². The minimum Gasteiger partial charge on any atom is -0.499 e. The van der Waals surface area contributed by atoms with E-state index in [0.29, 0.717) is 52.4 Å². The summed E-state index contributed by atoms with van der Waals surface area (Å²) in [7, 11) is 5.48. The third-order valence-electron chi connectivity index (χ3n) is 8.36. The highest BCUT2D eigenvalue weighted by Crippen LogP contribution is 2.42. The minimum atomic E-state index is -0.449. The van der Waals surface area contributed by atoms with Crippen molar-refractivity contribution in [3.8, 4) is 22.6 Å². The van der Waals surface area contributed by atoms with Gasteiger partial charge in [0.2, 0.25) is 12.3 Å². The van der Waals surface area contributed by atoms with Gasteiger partial charge in [0.25, 0.3) is 0 Å². The summed E-state index contributed by atoms with van der Waals surface area (Å²) in [5.41, 5.74) is 6.23. The molecule has 55 heavy (non-hydrogen) atoms. The zero-order valence-corrected chi connectivity index (χ0v) is 34.8. The zero-order valence-electron chi connectivity index (χ0n) is 34.0. The first-order valence-electron chi connectivity index (χ1n) is 18.6. The van der Waals surface area contributed by atoms with Crippen molar-refractivity contribution >= 4 is 39.8 Å². The van der Waals surface area contributed by atoms with Crippen LogP contribution in [0, 0.1) is 5.82 Å². The van der Waals surface area contributed by atoms with Gasteiger partial charge in [-0.15, -0.1) is 11.3 Å². The Bertz CT molecular complexity index is 1920. The van der Waals surface area contributed by atoms with E-state index in [1.54, 1.807) is 25.9 Å². The van der Waals surface area contributed by atoms with Crippen LogP contribution in [-0.4, -0.2) is 93.8 Å². The van der Waals surface area contributed by atoms with Gasteiger partial charge in [0.05, 0.1) is 52.6 Å². The van der Waals surface area contributed by atoms with Crippen LogP contribution in [0.1, 0.15) is 76.9 Å². The molecule has 300 valence electrons. The molecule has 10 nitrogen and oxygen atoms in total. The van der Waals surface area contributed by atoms with E-state index in [4.69, 9.17) is 15.2 Å². The average molecular weight is 781 g/mol. The lowest BCUT2D eigenvalue weighted by molar-refractivity contribution is -0.129. The lowest BCUT2D eigenvalue weighted by atomic mass is 9.95. The number of carbonyl (C=O) groups is 2. The predicted molar refractivity (Wildman–Crippen MR) is 222 cm³/mol. The van der Waals surface area contributed by atoms with Crippen LogP contribution in [0.4, 0.5) is 8.78 Å². The molecule has 0 bridgehead atoms. The number of benzene rings is 1. The van der Waals surface area contributed by atoms with Crippen LogP contribution in [0.3, 0.4) is 0 Å². The van der Waals surface area contributed by atoms with Crippen LogP contribution in [-0.2, 0) is 33.8 Å². The van der Waals surface area contributed by atoms with Gasteiger partial charge in [0, 0.05) is 55.6 Å². The number of thiophene rings is 1. The van der Waals surface area contributed by atoms with Crippen molar-refractivity contribution in [2.24, 2.45) is 0 Å². The average Bonchev–Trinajstić information content (AvgIpc) is 3.80. The summed E-state index contributed by atoms with van der Waals surface area (Å²) in [6.07, 6.45) is 5.30. The highest BCUT2D eigenvalue weighted by molar-refractivity contribution is 7.17. The zero-order chi connectivity index (χ0) is 41.4. The number of allylic oxidation sites excluding steroid dienone is 1. The number of rotatable bonds is 8. The Hall–Kier alpha value is -4.72. The highest BCUT2D eigenvalue weighted by atomic mass is 32.1. The molecule has 2 amide bonds. The maximum Gasteiger partial charge on any atom is 0.246 e. The smallest absolute Gasteiger partial charge is 0.246 e. The fraction of sp³-hybridized carbons (Fsp3) is 0.429. The Labute approximate surface area is 329 Å². The lowest BCUT2D eigenvalue weighted by Crippen LogP contribution is -2.40. The van der Waals surface area contributed by atoms with Crippen LogP contribution in [0.25, 0.3) is 38.8 Å². The van der Waals surface area contributed by atoms with Gasteiger partial charge in [-0.3, -0.25) is 14.3 Å². The monoisotopic (exact) mass is 780 g/mol. The standard InChI is InChI=1S/C30H29F2N5OS.C5H10O2.C3H7NO.2C2H6/c1-5-26(38)36-10-11-37-25(18(36)3)14-24(34-37)29-22(12-17(2)31)27-23(32)16-39-30(27)28(33-29)20-7-6-19-8-9-35(4)15-21(19)13-20;1-3-7-4-5(2)6;1-4(2)3-5;2*1-2/h5-7,12-14,16,18H,1,8-11,15H2,2-4H3;3,5-6H,1,4H2,2H3;3H,1-2H3;2*1-2H3. The van der Waals surface area contributed by atoms with Gasteiger partial charge in [0.1, 0.15) is 18.1 Å². The number of amides is 2. The van der Waals surface area contributed by atoms with E-state index in [1.807, 2.05) is 51.4 Å². The second-order valence-electron chi connectivity index (χ2n) is 12.7. The van der Waals surface area contributed by atoms with Crippen molar-refractivity contribution in [1.82, 2.24) is 29.5 Å². The van der Waals surface area contributed by atoms with Crippen molar-refractivity contribution in [2.45, 2.75) is 80.1 Å². The van der Waals surface area contributed by atoms with Crippen molar-refractivity contribution in [3.05, 3.63) is 89.2 Å². The Kier molecular flexibility index (Phi) is 19.1. The fourth-order valence-electron chi connectivity index (χ4n) is 5.92. The number of aliphatic hydroxyl groups is 1. The fourth-order valence-corrected chi connectivity index (χ4v) is 6.86. The molecule has 2 aliphatic heterocycles. The maximum absolute atomic E-state index is 15.4. The maximum atomic E-state index is 15.4. The van der Waals surface area contributed by atoms with Crippen LogP contribution in [0.15, 0.2) is 61.0 Å². The van der Waals surface area contributed by atoms with Crippen molar-refractivity contribution in [2.75, 3.05) is 40.8 Å². The highest BCUT2D eigenvalue weighted by Gasteiger charge is 2.30. The first kappa shape index (κ1) is 46.4. The number of pyridine rings is 1. The Morgan fingerprint density at radius 1 is 1.13 bits per heavy atom. The molecule has 4 aromatic rings. The SMILES string of the molecule is C=CC(=O)N1CCn2nc(-c3nc(-c4ccc5c(c4)CN(C)CC5)c4scc(F)c4c3C=C(C)F)cc2C1C.C=COCC(C)O.CC.CC.CN(C)C=O. The van der Waals surface area contributed by atoms with E-state index in [0.717, 1.165) is 37.2 Å². The third-order valence-corrected chi connectivity index (χ3v) is 9.32. The lowest BCUT2D eigenvalue weighted by Gasteiger charge is -2.33. The number of hydrogen-bond donors (Lipinski definition) is 1. The molecule has 2 unspecified atom stereocenters. The number of fused-ring (bicyclic) bond motifs is 3. The Morgan fingerprint density at radius 2 is 1.80 bits per heavy atom. The van der Waals surface area contributed by atoms with Crippen molar-refractivity contribution < 1.29 is 28.2 Å². The third kappa shape index (κ3) is 12.1. The summed E-state index contributed by atoms with van der Waals surface area (Å²) in [5, 5.41) is 15.1. The van der Waals surface area contributed by atoms with Crippen LogP contribution in [0.2, 0.25) is 0 Å². The summed E-state index contributed by atoms with van der Waals surface area (Å²) in [6.45, 7) is 23.0. The van der Waals surface area contributed by atoms with E-state index in [1.165, 1.54) is 58.1 Å². The van der Waals surface area contributed by atoms with Crippen molar-refractivity contribution in [3.63, 3.8) is 0 Å². The number of hydrogen-bond acceptors (Lipinski definition) is 8. The molecule has 0 aliphatic carbocycles. The van der Waals surface area contributed by atoms with Crippen molar-refractivity contribution in [1.29, 1.82) is 0 Å². The minimum absolute atomic E-state index is 0.145. The normalized spacial score (nSPS) is 15.1. The first-order chi connectivity index (χ1) is 26.3. The summed E-state index contributed by atoms with van der Waals surface area (Å²) in [6, 6.07) is 7.97. The van der Waals surface area contributed by atoms with Gasteiger partial charge in [0.15, 0.2) is 0 Å². The van der Waals surface area contributed by atoms with Gasteiger partial charge in [-0.05, 0) is 69.7 Å². The molecule has 6 rings (SSSR count). The van der Waals surface area contributed by atoms with E-state index in [-0.39, 0.29) is 11.9 Å². The summed E-state index contributed by atoms with van der Waals surface area (Å²) in [4.78, 5) is 32.3. The largest absolute Gasteiger partial charge is 0.499 e. The molecule has 0 radical (unpaired) electrons. The molecule has 13 heteroatoms.